The van der Waals surface area contributed by atoms with Crippen molar-refractivity contribution in [2.45, 2.75) is 71.4 Å². The Morgan fingerprint density at radius 2 is 1.72 bits per heavy atom. The Morgan fingerprint density at radius 1 is 1.03 bits per heavy atom. The van der Waals surface area contributed by atoms with Gasteiger partial charge in [-0.05, 0) is 42.3 Å². The number of esters is 3. The first-order valence-corrected chi connectivity index (χ1v) is 20.6. The Morgan fingerprint density at radius 3 is 2.38 bits per heavy atom. The first-order chi connectivity index (χ1) is 30.4. The molecular formula is C41H51N9O13S. The van der Waals surface area contributed by atoms with E-state index >= 15 is 0 Å². The number of nitro benzene ring substituents is 1. The fourth-order valence-electron chi connectivity index (χ4n) is 7.56. The molecule has 0 radical (unpaired) electrons. The summed E-state index contributed by atoms with van der Waals surface area (Å²) in [7, 11) is 6.31. The highest BCUT2D eigenvalue weighted by Crippen LogP contribution is 2.36. The van der Waals surface area contributed by atoms with E-state index in [4.69, 9.17) is 47.2 Å². The van der Waals surface area contributed by atoms with Crippen LogP contribution >= 0.6 is 12.2 Å². The summed E-state index contributed by atoms with van der Waals surface area (Å²) in [6.45, 7) is 14.1. The number of aromatic nitrogens is 3. The van der Waals surface area contributed by atoms with Crippen molar-refractivity contribution in [1.29, 1.82) is 0 Å². The molecule has 0 saturated carbocycles. The van der Waals surface area contributed by atoms with E-state index in [1.165, 1.54) is 40.9 Å². The van der Waals surface area contributed by atoms with Crippen LogP contribution in [0.1, 0.15) is 39.7 Å². The lowest BCUT2D eigenvalue weighted by Crippen LogP contribution is -2.60. The summed E-state index contributed by atoms with van der Waals surface area (Å²) >= 11 is 5.48. The van der Waals surface area contributed by atoms with E-state index in [2.05, 4.69) is 21.7 Å². The Kier molecular flexibility index (Phi) is 16.0. The smallest absolute Gasteiger partial charge is 0.335 e. The lowest BCUT2D eigenvalue weighted by atomic mass is 9.90. The molecule has 0 spiro atoms. The normalized spacial score (nSPS) is 21.7. The maximum atomic E-state index is 13.7. The minimum Gasteiger partial charge on any atom is -0.467 e. The summed E-state index contributed by atoms with van der Waals surface area (Å²) in [5.41, 5.74) is 0.207. The largest absolute Gasteiger partial charge is 0.467 e. The monoisotopic (exact) mass is 909 g/mol. The number of rotatable bonds is 14. The van der Waals surface area contributed by atoms with E-state index in [1.54, 1.807) is 36.2 Å². The average molecular weight is 910 g/mol. The van der Waals surface area contributed by atoms with Crippen LogP contribution in [0.2, 0.25) is 0 Å². The van der Waals surface area contributed by atoms with Gasteiger partial charge in [-0.25, -0.2) is 26.1 Å². The predicted octanol–water partition coefficient (Wildman–Crippen LogP) is 3.04. The van der Waals surface area contributed by atoms with Gasteiger partial charge in [-0.2, -0.15) is 0 Å². The number of ether oxygens (including phenoxy) is 6. The van der Waals surface area contributed by atoms with Crippen molar-refractivity contribution in [3.8, 4) is 5.75 Å². The molecule has 2 aliphatic rings. The molecule has 2 aliphatic heterocycles. The number of methoxy groups -OCH3 is 1. The minimum absolute atomic E-state index is 0.0428. The molecule has 0 unspecified atom stereocenters. The van der Waals surface area contributed by atoms with Crippen molar-refractivity contribution >= 4 is 69.8 Å². The molecule has 23 heteroatoms. The third-order valence-electron chi connectivity index (χ3n) is 11.1. The number of hydrogen-bond acceptors (Lipinski definition) is 17. The van der Waals surface area contributed by atoms with Crippen LogP contribution < -0.4 is 9.64 Å². The van der Waals surface area contributed by atoms with E-state index in [-0.39, 0.29) is 61.1 Å². The number of likely N-dealkylation sites (tertiary alicyclic amines) is 1. The van der Waals surface area contributed by atoms with Crippen LogP contribution in [0, 0.1) is 28.5 Å². The minimum atomic E-state index is -1.64. The number of amides is 2. The van der Waals surface area contributed by atoms with Gasteiger partial charge < -0.3 is 52.9 Å². The van der Waals surface area contributed by atoms with E-state index in [0.717, 1.165) is 27.4 Å². The number of piperidine rings is 1. The number of hydrogen-bond donors (Lipinski definition) is 0. The molecule has 1 aromatic carbocycles. The summed E-state index contributed by atoms with van der Waals surface area (Å²) in [6, 6.07) is 5.26. The van der Waals surface area contributed by atoms with Crippen molar-refractivity contribution in [2.24, 2.45) is 11.8 Å². The van der Waals surface area contributed by atoms with Crippen LogP contribution in [-0.2, 0) is 49.5 Å². The van der Waals surface area contributed by atoms with Crippen LogP contribution in [-0.4, -0.2) is 161 Å². The molecule has 0 aliphatic carbocycles. The molecule has 3 aromatic rings. The number of thiocarbonyl (C=S) groups is 1. The summed E-state index contributed by atoms with van der Waals surface area (Å²) in [6.07, 6.45) is -1.85. The second-order valence-electron chi connectivity index (χ2n) is 15.5. The molecular weight excluding hydrogens is 859 g/mol. The summed E-state index contributed by atoms with van der Waals surface area (Å²) in [5, 5.41) is 13.0. The van der Waals surface area contributed by atoms with Crippen LogP contribution in [0.3, 0.4) is 0 Å². The number of carbonyl (C=O) groups is 5. The van der Waals surface area contributed by atoms with Gasteiger partial charge in [0.05, 0.1) is 23.5 Å². The standard InChI is InChI=1S/C41H51N9O13S/c1-23-12-14-48(32(53)19-42-5)20-30(23)47(8)36-28-13-15-49(37(28)44-22-43-36)40(55)45(6)16-17-46(7)41(64)59-21-27-10-11-31(29(18-27)50(56)57)62-39-35(61-26(4)52)33(60-25(3)51)24(2)34(63-39)38(54)58-9/h10-11,13,15,18,22-24,30,33-35,39H,12,14,16-17,19-21H2,1-4,6-9H3/t23-,24+,30+,33+,34+,35-,39-/m1/s1. The first-order valence-electron chi connectivity index (χ1n) is 20.2. The average Bonchev–Trinajstić information content (AvgIpc) is 3.70. The van der Waals surface area contributed by atoms with Crippen LogP contribution in [0.5, 0.6) is 5.75 Å². The molecule has 0 N–H and O–H groups in total. The highest BCUT2D eigenvalue weighted by Gasteiger charge is 2.52. The van der Waals surface area contributed by atoms with E-state index < -0.39 is 59.0 Å². The quantitative estimate of drug-likeness (QED) is 0.0565. The lowest BCUT2D eigenvalue weighted by molar-refractivity contribution is -0.387. The third kappa shape index (κ3) is 11.1. The maximum absolute atomic E-state index is 13.7. The van der Waals surface area contributed by atoms with Crippen molar-refractivity contribution in [1.82, 2.24) is 29.2 Å². The van der Waals surface area contributed by atoms with Crippen molar-refractivity contribution < 1.29 is 57.3 Å². The van der Waals surface area contributed by atoms with E-state index in [9.17, 15) is 34.1 Å². The van der Waals surface area contributed by atoms with E-state index in [0.29, 0.717) is 35.5 Å². The Balaban J connectivity index is 1.21. The number of fused-ring (bicyclic) bond motifs is 1. The van der Waals surface area contributed by atoms with Gasteiger partial charge in [-0.3, -0.25) is 29.1 Å². The topological polar surface area (TPSA) is 232 Å². The van der Waals surface area contributed by atoms with Gasteiger partial charge in [-0.1, -0.05) is 19.9 Å². The van der Waals surface area contributed by atoms with Crippen molar-refractivity contribution in [3.05, 3.63) is 63.9 Å². The summed E-state index contributed by atoms with van der Waals surface area (Å²) in [4.78, 5) is 93.5. The second-order valence-corrected chi connectivity index (χ2v) is 15.9. The molecule has 0 bridgehead atoms. The molecule has 2 saturated heterocycles. The zero-order valence-corrected chi connectivity index (χ0v) is 37.5. The van der Waals surface area contributed by atoms with Gasteiger partial charge in [0.2, 0.25) is 12.4 Å². The summed E-state index contributed by atoms with van der Waals surface area (Å²) in [5.74, 6) is -2.91. The Hall–Kier alpha value is -6.67. The number of anilines is 1. The number of benzene rings is 1. The predicted molar refractivity (Wildman–Crippen MR) is 230 cm³/mol. The molecule has 2 fully saturated rings. The zero-order valence-electron chi connectivity index (χ0n) is 36.7. The first kappa shape index (κ1) is 48.4. The van der Waals surface area contributed by atoms with Crippen molar-refractivity contribution in [3.63, 3.8) is 0 Å². The number of nitro groups is 1. The van der Waals surface area contributed by atoms with Crippen LogP contribution in [0.15, 0.2) is 36.8 Å². The lowest BCUT2D eigenvalue weighted by Gasteiger charge is -2.42. The molecule has 344 valence electrons. The SMILES string of the molecule is [C-]#[N+]CC(=O)N1CC[C@@H](C)[C@@H](N(C)c2ncnc3c2ccn3C(=O)N(C)CCN(C)C(=S)OCc2ccc(O[C@@H]3O[C@H](C(=O)OC)[C@@H](C)[C@H](OC(C)=O)[C@H]3OC(C)=O)c([N+](=O)[O-])c2)C1. The van der Waals surface area contributed by atoms with Gasteiger partial charge in [0, 0.05) is 79.4 Å². The zero-order chi connectivity index (χ0) is 47.0. The van der Waals surface area contributed by atoms with Crippen LogP contribution in [0.4, 0.5) is 16.3 Å². The van der Waals surface area contributed by atoms with Crippen molar-refractivity contribution in [2.75, 3.05) is 65.9 Å². The van der Waals surface area contributed by atoms with Crippen LogP contribution in [0.25, 0.3) is 15.9 Å². The molecule has 2 amide bonds. The third-order valence-corrected chi connectivity index (χ3v) is 11.6. The van der Waals surface area contributed by atoms with Gasteiger partial charge in [0.15, 0.2) is 23.6 Å². The molecule has 64 heavy (non-hydrogen) atoms. The van der Waals surface area contributed by atoms with Gasteiger partial charge >= 0.3 is 35.5 Å². The van der Waals surface area contributed by atoms with Gasteiger partial charge in [0.25, 0.3) is 11.7 Å². The second kappa shape index (κ2) is 21.1. The fraction of sp³-hybridized carbons (Fsp3) is 0.537. The Bertz CT molecular complexity index is 2300. The fourth-order valence-corrected chi connectivity index (χ4v) is 7.71. The maximum Gasteiger partial charge on any atom is 0.335 e. The van der Waals surface area contributed by atoms with E-state index in [1.807, 2.05) is 11.9 Å². The Labute approximate surface area is 374 Å². The van der Waals surface area contributed by atoms with Gasteiger partial charge in [0.1, 0.15) is 18.8 Å². The highest BCUT2D eigenvalue weighted by atomic mass is 32.1. The molecule has 7 atom stereocenters. The number of nitrogens with zero attached hydrogens (tertiary/aromatic N) is 9. The molecule has 4 heterocycles. The van der Waals surface area contributed by atoms with Gasteiger partial charge in [-0.15, -0.1) is 0 Å². The number of carbonyl (C=O) groups excluding carboxylic acids is 5. The molecule has 5 rings (SSSR count). The molecule has 2 aromatic heterocycles. The highest BCUT2D eigenvalue weighted by molar-refractivity contribution is 7.80. The number of likely N-dealkylation sites (N-methyl/N-ethyl adjacent to an activating group) is 3. The summed E-state index contributed by atoms with van der Waals surface area (Å²) < 4.78 is 34.5. The molecule has 22 nitrogen and oxygen atoms in total.